The average molecular weight is 499 g/mol. The summed E-state index contributed by atoms with van der Waals surface area (Å²) in [5.41, 5.74) is 0. The molecule has 0 aromatic heterocycles. The van der Waals surface area contributed by atoms with Crippen LogP contribution in [0, 0.1) is 0 Å². The van der Waals surface area contributed by atoms with Gasteiger partial charge in [-0.25, -0.2) is 0 Å². The molecule has 57 valence electrons. The SMILES string of the molecule is ClC(Cl)Cl.[Ag].[GaH3].[InH3].[SeH2]. The van der Waals surface area contributed by atoms with E-state index in [-0.39, 0.29) is 85.1 Å². The van der Waals surface area contributed by atoms with Crippen LogP contribution in [0.3, 0.4) is 0 Å². The van der Waals surface area contributed by atoms with Crippen LogP contribution in [-0.2, 0) is 22.4 Å². The summed E-state index contributed by atoms with van der Waals surface area (Å²) in [6, 6.07) is 0. The fourth-order valence-electron chi connectivity index (χ4n) is 0. The molecule has 0 N–H and O–H groups in total. The molecule has 0 saturated heterocycles. The Balaban J connectivity index is -0.00000000750. The van der Waals surface area contributed by atoms with Gasteiger partial charge in [0.15, 0.2) is 4.30 Å². The summed E-state index contributed by atoms with van der Waals surface area (Å²) in [6.45, 7) is 0. The number of halogens is 3. The van der Waals surface area contributed by atoms with E-state index in [2.05, 4.69) is 0 Å². The van der Waals surface area contributed by atoms with Gasteiger partial charge in [-0.15, -0.1) is 0 Å². The minimum atomic E-state index is -0.750. The Hall–Kier alpha value is 3.64. The molecule has 0 spiro atoms. The van der Waals surface area contributed by atoms with Gasteiger partial charge in [0.2, 0.25) is 0 Å². The van der Waals surface area contributed by atoms with Gasteiger partial charge in [0.05, 0.1) is 0 Å². The Morgan fingerprint density at radius 2 is 1.00 bits per heavy atom. The second-order valence-electron chi connectivity index (χ2n) is 0.247. The van der Waals surface area contributed by atoms with Crippen LogP contribution < -0.4 is 0 Å². The molecule has 0 fully saturated rings. The van der Waals surface area contributed by atoms with E-state index in [1.165, 1.54) is 0 Å². The van der Waals surface area contributed by atoms with Gasteiger partial charge in [0.25, 0.3) is 0 Å². The van der Waals surface area contributed by atoms with Gasteiger partial charge in [-0.05, 0) is 0 Å². The van der Waals surface area contributed by atoms with Crippen molar-refractivity contribution in [1.82, 2.24) is 0 Å². The molecule has 0 aromatic carbocycles. The summed E-state index contributed by atoms with van der Waals surface area (Å²) in [4.78, 5) is 0. The molecule has 0 aromatic rings. The molecule has 7 heteroatoms. The van der Waals surface area contributed by atoms with Crippen LogP contribution in [0.2, 0.25) is 0 Å². The standard InChI is InChI=1S/CHCl3.Ag.Ga.In.H2Se.6H/c2-1(3)4;;;;;;;;;;/h1H;;;;1H2;;;;;;. The Kier molecular flexibility index (Phi) is 83.8. The summed E-state index contributed by atoms with van der Waals surface area (Å²) in [5.74, 6) is 0. The van der Waals surface area contributed by atoms with Crippen LogP contribution in [0.15, 0.2) is 0 Å². The van der Waals surface area contributed by atoms with Crippen molar-refractivity contribution in [3.8, 4) is 0 Å². The maximum atomic E-state index is 4.81. The normalized spacial score (nSPS) is 4.50. The predicted molar refractivity (Wildman–Crippen MR) is 49.8 cm³/mol. The van der Waals surface area contributed by atoms with E-state index >= 15 is 0 Å². The van der Waals surface area contributed by atoms with Crippen molar-refractivity contribution in [2.75, 3.05) is 0 Å². The van der Waals surface area contributed by atoms with E-state index in [4.69, 9.17) is 34.8 Å². The first-order chi connectivity index (χ1) is 1.73. The van der Waals surface area contributed by atoms with E-state index in [1.54, 1.807) is 0 Å². The van der Waals surface area contributed by atoms with Crippen LogP contribution in [0.1, 0.15) is 0 Å². The van der Waals surface area contributed by atoms with Crippen LogP contribution in [0.5, 0.6) is 0 Å². The third-order valence-corrected chi connectivity index (χ3v) is 0. The molecule has 0 unspecified atom stereocenters. The number of hydrogen-bond acceptors (Lipinski definition) is 0. The molecule has 0 atom stereocenters. The zero-order valence-corrected chi connectivity index (χ0v) is 8.36. The van der Waals surface area contributed by atoms with Crippen molar-refractivity contribution in [2.24, 2.45) is 0 Å². The zero-order chi connectivity index (χ0) is 3.58. The summed E-state index contributed by atoms with van der Waals surface area (Å²) in [6.07, 6.45) is 0. The van der Waals surface area contributed by atoms with Crippen molar-refractivity contribution in [1.29, 1.82) is 0 Å². The average Bonchev–Trinajstić information content (AvgIpc) is 0.811. The zero-order valence-electron chi connectivity index (χ0n) is 2.51. The van der Waals surface area contributed by atoms with Crippen molar-refractivity contribution in [2.45, 2.75) is 4.30 Å². The van der Waals surface area contributed by atoms with E-state index in [9.17, 15) is 0 Å². The third-order valence-electron chi connectivity index (χ3n) is 0. The van der Waals surface area contributed by atoms with Gasteiger partial charge in [-0.2, -0.15) is 0 Å². The van der Waals surface area contributed by atoms with Gasteiger partial charge >= 0.3 is 62.7 Å². The fourth-order valence-corrected chi connectivity index (χ4v) is 0. The number of alkyl halides is 3. The third kappa shape index (κ3) is 54.4. The van der Waals surface area contributed by atoms with Crippen molar-refractivity contribution < 1.29 is 22.4 Å². The molecular formula is CH9AgCl3GaInSe. The molecule has 0 aliphatic heterocycles. The van der Waals surface area contributed by atoms with E-state index < -0.39 is 4.30 Å². The van der Waals surface area contributed by atoms with Crippen molar-refractivity contribution in [3.63, 3.8) is 0 Å². The van der Waals surface area contributed by atoms with Crippen molar-refractivity contribution in [3.05, 3.63) is 0 Å². The first-order valence-electron chi connectivity index (χ1n) is 0.655. The number of hydrogen-bond donors (Lipinski definition) is 0. The second kappa shape index (κ2) is 22.4. The summed E-state index contributed by atoms with van der Waals surface area (Å²) in [5, 5.41) is 0. The first kappa shape index (κ1) is 29.9. The Labute approximate surface area is 122 Å². The molecule has 8 heavy (non-hydrogen) atoms. The van der Waals surface area contributed by atoms with Gasteiger partial charge in [-0.1, -0.05) is 34.8 Å². The van der Waals surface area contributed by atoms with Crippen LogP contribution in [0.4, 0.5) is 0 Å². The molecule has 0 saturated carbocycles. The summed E-state index contributed by atoms with van der Waals surface area (Å²) >= 11 is 14.4. The van der Waals surface area contributed by atoms with Gasteiger partial charge in [-0.3, -0.25) is 0 Å². The molecule has 1 radical (unpaired) electrons. The van der Waals surface area contributed by atoms with E-state index in [1.807, 2.05) is 0 Å². The molecule has 0 amide bonds. The number of rotatable bonds is 0. The van der Waals surface area contributed by atoms with Gasteiger partial charge < -0.3 is 0 Å². The summed E-state index contributed by atoms with van der Waals surface area (Å²) < 4.78 is -0.750. The van der Waals surface area contributed by atoms with Gasteiger partial charge in [0, 0.05) is 22.4 Å². The monoisotopic (exact) mass is 497 g/mol. The first-order valence-corrected chi connectivity index (χ1v) is 1.96. The molecular weight excluding hydrogens is 490 g/mol. The second-order valence-corrected chi connectivity index (χ2v) is 2.23. The molecule has 0 nitrogen and oxygen atoms in total. The topological polar surface area (TPSA) is 0 Å². The van der Waals surface area contributed by atoms with E-state index in [0.717, 1.165) is 0 Å². The molecule has 0 aliphatic rings. The fraction of sp³-hybridized carbons (Fsp3) is 1.00. The minimum absolute atomic E-state index is 0. The van der Waals surface area contributed by atoms with Crippen molar-refractivity contribution >= 4 is 97.5 Å². The molecule has 0 aliphatic carbocycles. The molecule has 0 heterocycles. The molecule has 0 rings (SSSR count). The quantitative estimate of drug-likeness (QED) is 0.288. The predicted octanol–water partition coefficient (Wildman–Crippen LogP) is -1.30. The Morgan fingerprint density at radius 3 is 1.00 bits per heavy atom. The van der Waals surface area contributed by atoms with Crippen LogP contribution in [-0.4, -0.2) is 67.0 Å². The summed E-state index contributed by atoms with van der Waals surface area (Å²) in [7, 11) is 0. The van der Waals surface area contributed by atoms with E-state index in [0.29, 0.717) is 0 Å². The maximum absolute atomic E-state index is 4.81. The molecule has 0 bridgehead atoms. The Morgan fingerprint density at radius 1 is 1.00 bits per heavy atom. The van der Waals surface area contributed by atoms with Gasteiger partial charge in [0.1, 0.15) is 0 Å². The Bertz CT molecular complexity index is 24.0. The van der Waals surface area contributed by atoms with Crippen LogP contribution >= 0.6 is 34.8 Å². The van der Waals surface area contributed by atoms with Crippen LogP contribution in [0.25, 0.3) is 0 Å².